The Morgan fingerprint density at radius 3 is 0.818 bits per heavy atom. The van der Waals surface area contributed by atoms with Crippen molar-refractivity contribution in [3.05, 3.63) is 0 Å². The molecule has 74 valence electrons. The van der Waals surface area contributed by atoms with Crippen LogP contribution in [-0.4, -0.2) is 0 Å². The summed E-state index contributed by atoms with van der Waals surface area (Å²) in [4.78, 5) is 0. The summed E-state index contributed by atoms with van der Waals surface area (Å²) in [5, 5.41) is 0. The van der Waals surface area contributed by atoms with Crippen molar-refractivity contribution in [1.29, 1.82) is 0 Å². The Bertz CT molecular complexity index is 68.1. The standard InChI is InChI=1S/Mo.Ni.4H2S.4S.W/h;;4*1H2;;;;;/q2*+2;;;;;;;;;/p-4. The maximum atomic E-state index is 4.38. The first-order chi connectivity index (χ1) is 2.83. The fourth-order valence-electron chi connectivity index (χ4n) is 0. The van der Waals surface area contributed by atoms with Crippen LogP contribution in [0.15, 0.2) is 0 Å². The van der Waals surface area contributed by atoms with Gasteiger partial charge < -0.3 is 54.0 Å². The molecule has 0 saturated heterocycles. The van der Waals surface area contributed by atoms with E-state index in [2.05, 4.69) is 39.3 Å². The summed E-state index contributed by atoms with van der Waals surface area (Å²) in [6, 6.07) is 0. The van der Waals surface area contributed by atoms with Crippen LogP contribution < -0.4 is 0 Å². The van der Waals surface area contributed by atoms with Crippen molar-refractivity contribution in [3.63, 3.8) is 0 Å². The van der Waals surface area contributed by atoms with E-state index in [1.54, 1.807) is 0 Å². The molecule has 0 amide bonds. The molecule has 0 spiro atoms. The van der Waals surface area contributed by atoms with Gasteiger partial charge in [0.1, 0.15) is 0 Å². The topological polar surface area (TPSA) is 0 Å². The molecule has 0 N–H and O–H groups in total. The number of thiol groups is 4. The molecule has 0 aliphatic rings. The third kappa shape index (κ3) is 121. The summed E-state index contributed by atoms with van der Waals surface area (Å²) in [7, 11) is 17.4. The minimum absolute atomic E-state index is 0. The molecule has 11 heavy (non-hydrogen) atoms. The third-order valence-electron chi connectivity index (χ3n) is 0. The molecule has 0 fully saturated rings. The Balaban J connectivity index is -0.00000000400. The van der Waals surface area contributed by atoms with Crippen molar-refractivity contribution in [3.8, 4) is 0 Å². The van der Waals surface area contributed by atoms with Gasteiger partial charge in [-0.3, -0.25) is 0 Å². The van der Waals surface area contributed by atoms with Crippen molar-refractivity contribution in [2.24, 2.45) is 0 Å². The van der Waals surface area contributed by atoms with E-state index in [1.807, 2.05) is 0 Å². The normalized spacial score (nSPS) is 1.82. The van der Waals surface area contributed by atoms with Crippen LogP contribution in [0.3, 0.4) is 0 Å². The van der Waals surface area contributed by atoms with Crippen LogP contribution in [0.2, 0.25) is 0 Å². The van der Waals surface area contributed by atoms with Crippen molar-refractivity contribution in [2.45, 2.75) is 0 Å². The van der Waals surface area contributed by atoms with Crippen LogP contribution in [0.5, 0.6) is 0 Å². The molecule has 0 bridgehead atoms. The summed E-state index contributed by atoms with van der Waals surface area (Å²) in [6.07, 6.45) is 0. The summed E-state index contributed by atoms with van der Waals surface area (Å²) >= 11 is -0.947. The molecule has 0 aromatic rings. The van der Waals surface area contributed by atoms with Gasteiger partial charge in [-0.25, -0.2) is 0 Å². The molecular weight excluding hydrogens is 595 g/mol. The first-order valence-electron chi connectivity index (χ1n) is 0.667. The fraction of sp³-hybridized carbons (Fsp3) is 0. The van der Waals surface area contributed by atoms with Gasteiger partial charge in [0.05, 0.1) is 0 Å². The average Bonchev–Trinajstić information content (AvgIpc) is 1.39. The average molecular weight is 599 g/mol. The summed E-state index contributed by atoms with van der Waals surface area (Å²) in [5.74, 6) is 0. The molecular formula is H4MoNiS8W. The van der Waals surface area contributed by atoms with Gasteiger partial charge in [-0.15, -0.1) is 0 Å². The second kappa shape index (κ2) is 64.7. The predicted molar refractivity (Wildman–Crippen MR) is 65.4 cm³/mol. The minimum atomic E-state index is -0.583. The van der Waals surface area contributed by atoms with Gasteiger partial charge in [-0.2, -0.15) is 0 Å². The molecule has 0 aliphatic heterocycles. The number of hydrogen-bond donors (Lipinski definition) is 0. The second-order valence-corrected chi connectivity index (χ2v) is 8.64. The van der Waals surface area contributed by atoms with Gasteiger partial charge in [-0.05, 0) is 0 Å². The van der Waals surface area contributed by atoms with Crippen LogP contribution in [-0.2, 0) is 100 Å². The maximum absolute atomic E-state index is 4.38. The molecule has 0 heterocycles. The first-order valence-corrected chi connectivity index (χ1v) is 14.1. The van der Waals surface area contributed by atoms with Crippen molar-refractivity contribution < 1.29 is 46.3 Å². The van der Waals surface area contributed by atoms with E-state index in [0.29, 0.717) is 0 Å². The van der Waals surface area contributed by atoms with Crippen LogP contribution in [0.1, 0.15) is 0 Å². The van der Waals surface area contributed by atoms with E-state index < -0.39 is 14.9 Å². The molecule has 0 saturated carbocycles. The molecule has 0 aliphatic carbocycles. The predicted octanol–water partition coefficient (Wildman–Crippen LogP) is 1.50. The Labute approximate surface area is 137 Å². The van der Waals surface area contributed by atoms with Crippen molar-refractivity contribution in [2.75, 3.05) is 0 Å². The SMILES string of the molecule is [Ni+2].[SH-].[SH-].[SH-].[SH-].[S]=[Mo+2]=[S].[S]=[W]=[S]. The van der Waals surface area contributed by atoms with Crippen LogP contribution in [0, 0.1) is 0 Å². The zero-order chi connectivity index (χ0) is 5.41. The van der Waals surface area contributed by atoms with Crippen LogP contribution in [0.4, 0.5) is 0 Å². The van der Waals surface area contributed by atoms with E-state index in [9.17, 15) is 0 Å². The van der Waals surface area contributed by atoms with E-state index in [4.69, 9.17) is 0 Å². The second-order valence-electron chi connectivity index (χ2n) is 0.136. The van der Waals surface area contributed by atoms with Gasteiger partial charge in [0, 0.05) is 0 Å². The van der Waals surface area contributed by atoms with Crippen molar-refractivity contribution in [1.82, 2.24) is 0 Å². The van der Waals surface area contributed by atoms with Gasteiger partial charge in [0.2, 0.25) is 0 Å². The molecule has 0 unspecified atom stereocenters. The van der Waals surface area contributed by atoms with Gasteiger partial charge in [0.15, 0.2) is 0 Å². The van der Waals surface area contributed by atoms with E-state index >= 15 is 0 Å². The summed E-state index contributed by atoms with van der Waals surface area (Å²) < 4.78 is 0. The number of rotatable bonds is 0. The van der Waals surface area contributed by atoms with Crippen LogP contribution in [0.25, 0.3) is 0 Å². The molecule has 0 radical (unpaired) electrons. The molecule has 0 nitrogen and oxygen atoms in total. The third-order valence-corrected chi connectivity index (χ3v) is 0. The molecule has 11 heteroatoms. The zero-order valence-electron chi connectivity index (χ0n) is 4.55. The number of hydrogen-bond acceptors (Lipinski definition) is 8. The Kier molecular flexibility index (Phi) is 269. The molecule has 0 aromatic heterocycles. The van der Waals surface area contributed by atoms with Gasteiger partial charge >= 0.3 is 85.6 Å². The monoisotopic (exact) mass is 600 g/mol. The van der Waals surface area contributed by atoms with E-state index in [0.717, 1.165) is 0 Å². The van der Waals surface area contributed by atoms with Crippen LogP contribution >= 0.6 is 39.3 Å². The van der Waals surface area contributed by atoms with E-state index in [-0.39, 0.29) is 85.4 Å². The van der Waals surface area contributed by atoms with Gasteiger partial charge in [0.25, 0.3) is 0 Å². The van der Waals surface area contributed by atoms with Gasteiger partial charge in [-0.1, -0.05) is 0 Å². The Hall–Kier alpha value is 4.15. The summed E-state index contributed by atoms with van der Waals surface area (Å²) in [5.41, 5.74) is 0. The summed E-state index contributed by atoms with van der Waals surface area (Å²) in [6.45, 7) is 0. The molecule has 0 aromatic carbocycles. The van der Waals surface area contributed by atoms with Crippen molar-refractivity contribution >= 4 is 93.3 Å². The van der Waals surface area contributed by atoms with E-state index in [1.165, 1.54) is 0 Å². The first kappa shape index (κ1) is 45.7. The molecule has 0 atom stereocenters. The Morgan fingerprint density at radius 2 is 0.818 bits per heavy atom. The quantitative estimate of drug-likeness (QED) is 0.231. The molecule has 0 rings (SSSR count). The zero-order valence-corrected chi connectivity index (χ0v) is 17.3. The Morgan fingerprint density at radius 1 is 0.818 bits per heavy atom. The fourth-order valence-corrected chi connectivity index (χ4v) is 0.